The molecule has 0 saturated heterocycles. The number of aromatic nitrogens is 2. The van der Waals surface area contributed by atoms with Crippen molar-refractivity contribution in [3.05, 3.63) is 42.0 Å². The zero-order valence-corrected chi connectivity index (χ0v) is 11.9. The van der Waals surface area contributed by atoms with Gasteiger partial charge in [-0.15, -0.1) is 0 Å². The number of nitrogens with zero attached hydrogens (tertiary/aromatic N) is 2. The van der Waals surface area contributed by atoms with Crippen LogP contribution in [-0.2, 0) is 11.3 Å². The van der Waals surface area contributed by atoms with Crippen LogP contribution in [0.15, 0.2) is 30.5 Å². The maximum absolute atomic E-state index is 12.9. The number of imidazole rings is 1. The molecule has 20 heavy (non-hydrogen) atoms. The molecule has 0 aliphatic rings. The summed E-state index contributed by atoms with van der Waals surface area (Å²) in [4.78, 5) is 4.44. The van der Waals surface area contributed by atoms with E-state index in [1.54, 1.807) is 12.1 Å². The van der Waals surface area contributed by atoms with Gasteiger partial charge in [0.15, 0.2) is 0 Å². The summed E-state index contributed by atoms with van der Waals surface area (Å²) in [6.45, 7) is 6.26. The van der Waals surface area contributed by atoms with Crippen LogP contribution in [0.3, 0.4) is 0 Å². The van der Waals surface area contributed by atoms with Crippen LogP contribution >= 0.6 is 0 Å². The monoisotopic (exact) mass is 277 g/mol. The molecule has 4 nitrogen and oxygen atoms in total. The molecule has 0 saturated carbocycles. The summed E-state index contributed by atoms with van der Waals surface area (Å²) in [5.74, 6) is 0.525. The number of rotatable bonds is 7. The molecule has 0 unspecified atom stereocenters. The summed E-state index contributed by atoms with van der Waals surface area (Å²) in [6.07, 6.45) is 2.93. The van der Waals surface area contributed by atoms with Gasteiger partial charge in [-0.3, -0.25) is 0 Å². The second-order valence-corrected chi connectivity index (χ2v) is 4.58. The van der Waals surface area contributed by atoms with Crippen LogP contribution in [0.4, 0.5) is 16.0 Å². The van der Waals surface area contributed by atoms with E-state index < -0.39 is 0 Å². The van der Waals surface area contributed by atoms with Crippen LogP contribution in [0.25, 0.3) is 0 Å². The van der Waals surface area contributed by atoms with E-state index >= 15 is 0 Å². The number of ether oxygens (including phenoxy) is 1. The van der Waals surface area contributed by atoms with Crippen molar-refractivity contribution in [1.82, 2.24) is 9.55 Å². The summed E-state index contributed by atoms with van der Waals surface area (Å²) in [6, 6.07) is 6.25. The van der Waals surface area contributed by atoms with Crippen LogP contribution in [0.1, 0.15) is 19.0 Å². The lowest BCUT2D eigenvalue weighted by Crippen LogP contribution is -2.06. The van der Waals surface area contributed by atoms with Crippen LogP contribution in [0.5, 0.6) is 0 Å². The van der Waals surface area contributed by atoms with E-state index in [0.717, 1.165) is 43.5 Å². The molecule has 1 aromatic carbocycles. The first-order valence-electron chi connectivity index (χ1n) is 6.83. The summed E-state index contributed by atoms with van der Waals surface area (Å²) in [5, 5.41) is 3.21. The van der Waals surface area contributed by atoms with Crippen molar-refractivity contribution in [2.24, 2.45) is 0 Å². The normalized spacial score (nSPS) is 10.8. The molecule has 5 heteroatoms. The Morgan fingerprint density at radius 2 is 2.05 bits per heavy atom. The fourth-order valence-corrected chi connectivity index (χ4v) is 1.96. The highest BCUT2D eigenvalue weighted by molar-refractivity contribution is 5.53. The molecule has 0 fully saturated rings. The van der Waals surface area contributed by atoms with Gasteiger partial charge in [0.25, 0.3) is 0 Å². The Balaban J connectivity index is 2.01. The maximum Gasteiger partial charge on any atom is 0.207 e. The molecule has 0 atom stereocenters. The van der Waals surface area contributed by atoms with E-state index in [1.165, 1.54) is 12.1 Å². The Hall–Kier alpha value is -1.88. The maximum atomic E-state index is 12.9. The molecule has 108 valence electrons. The van der Waals surface area contributed by atoms with E-state index in [9.17, 15) is 4.39 Å². The number of halogens is 1. The molecule has 1 aromatic heterocycles. The Morgan fingerprint density at radius 1 is 1.30 bits per heavy atom. The van der Waals surface area contributed by atoms with Gasteiger partial charge in [-0.05, 0) is 44.5 Å². The summed E-state index contributed by atoms with van der Waals surface area (Å²) >= 11 is 0. The van der Waals surface area contributed by atoms with Crippen molar-refractivity contribution >= 4 is 11.6 Å². The highest BCUT2D eigenvalue weighted by atomic mass is 19.1. The minimum atomic E-state index is -0.244. The minimum Gasteiger partial charge on any atom is -0.382 e. The second kappa shape index (κ2) is 7.05. The third-order valence-corrected chi connectivity index (χ3v) is 2.89. The number of benzene rings is 1. The molecule has 2 aromatic rings. The highest BCUT2D eigenvalue weighted by Gasteiger charge is 2.06. The topological polar surface area (TPSA) is 39.1 Å². The Morgan fingerprint density at radius 3 is 2.75 bits per heavy atom. The zero-order chi connectivity index (χ0) is 14.4. The average Bonchev–Trinajstić information content (AvgIpc) is 2.77. The first-order chi connectivity index (χ1) is 9.69. The molecule has 2 rings (SSSR count). The minimum absolute atomic E-state index is 0.244. The van der Waals surface area contributed by atoms with E-state index in [2.05, 4.69) is 14.9 Å². The first kappa shape index (κ1) is 14.5. The average molecular weight is 277 g/mol. The molecule has 1 heterocycles. The largest absolute Gasteiger partial charge is 0.382 e. The number of nitrogens with one attached hydrogen (secondary N) is 1. The SMILES string of the molecule is CCOCCCn1cc(C)nc1Nc1ccc(F)cc1. The Bertz CT molecular complexity index is 537. The predicted molar refractivity (Wildman–Crippen MR) is 77.8 cm³/mol. The Kier molecular flexibility index (Phi) is 5.12. The highest BCUT2D eigenvalue weighted by Crippen LogP contribution is 2.17. The molecular formula is C15H20FN3O. The van der Waals surface area contributed by atoms with E-state index in [1.807, 2.05) is 20.0 Å². The van der Waals surface area contributed by atoms with Crippen molar-refractivity contribution in [2.45, 2.75) is 26.8 Å². The quantitative estimate of drug-likeness (QED) is 0.787. The fourth-order valence-electron chi connectivity index (χ4n) is 1.96. The van der Waals surface area contributed by atoms with Gasteiger partial charge < -0.3 is 14.6 Å². The van der Waals surface area contributed by atoms with Gasteiger partial charge in [0.2, 0.25) is 5.95 Å². The third kappa shape index (κ3) is 4.06. The summed E-state index contributed by atoms with van der Waals surface area (Å²) in [7, 11) is 0. The lowest BCUT2D eigenvalue weighted by Gasteiger charge is -2.09. The second-order valence-electron chi connectivity index (χ2n) is 4.58. The fraction of sp³-hybridized carbons (Fsp3) is 0.400. The molecule has 0 amide bonds. The van der Waals surface area contributed by atoms with Crippen LogP contribution in [-0.4, -0.2) is 22.8 Å². The molecule has 1 N–H and O–H groups in total. The summed E-state index contributed by atoms with van der Waals surface area (Å²) in [5.41, 5.74) is 1.77. The number of hydrogen-bond acceptors (Lipinski definition) is 3. The standard InChI is InChI=1S/C15H20FN3O/c1-3-20-10-4-9-19-11-12(2)17-15(19)18-14-7-5-13(16)6-8-14/h5-8,11H,3-4,9-10H2,1-2H3,(H,17,18). The third-order valence-electron chi connectivity index (χ3n) is 2.89. The van der Waals surface area contributed by atoms with Gasteiger partial charge in [-0.25, -0.2) is 9.37 Å². The lowest BCUT2D eigenvalue weighted by molar-refractivity contribution is 0.142. The van der Waals surface area contributed by atoms with Gasteiger partial charge in [0.1, 0.15) is 5.82 Å². The smallest absolute Gasteiger partial charge is 0.207 e. The number of aryl methyl sites for hydroxylation is 2. The van der Waals surface area contributed by atoms with Crippen LogP contribution < -0.4 is 5.32 Å². The van der Waals surface area contributed by atoms with Crippen LogP contribution in [0.2, 0.25) is 0 Å². The molecule has 0 radical (unpaired) electrons. The molecule has 0 aliphatic heterocycles. The summed E-state index contributed by atoms with van der Waals surface area (Å²) < 4.78 is 20.3. The van der Waals surface area contributed by atoms with Gasteiger partial charge in [-0.2, -0.15) is 0 Å². The lowest BCUT2D eigenvalue weighted by atomic mass is 10.3. The molecular weight excluding hydrogens is 257 g/mol. The molecule has 0 aliphatic carbocycles. The van der Waals surface area contributed by atoms with Gasteiger partial charge in [0, 0.05) is 31.6 Å². The molecule has 0 spiro atoms. The Labute approximate surface area is 118 Å². The molecule has 0 bridgehead atoms. The van der Waals surface area contributed by atoms with Crippen molar-refractivity contribution in [2.75, 3.05) is 18.5 Å². The number of hydrogen-bond donors (Lipinski definition) is 1. The van der Waals surface area contributed by atoms with Crippen molar-refractivity contribution in [1.29, 1.82) is 0 Å². The predicted octanol–water partition coefficient (Wildman–Crippen LogP) is 3.50. The van der Waals surface area contributed by atoms with E-state index in [-0.39, 0.29) is 5.82 Å². The van der Waals surface area contributed by atoms with Gasteiger partial charge >= 0.3 is 0 Å². The van der Waals surface area contributed by atoms with Crippen LogP contribution in [0, 0.1) is 12.7 Å². The van der Waals surface area contributed by atoms with Crippen molar-refractivity contribution in [3.63, 3.8) is 0 Å². The van der Waals surface area contributed by atoms with Gasteiger partial charge in [0.05, 0.1) is 5.69 Å². The van der Waals surface area contributed by atoms with Crippen molar-refractivity contribution in [3.8, 4) is 0 Å². The van der Waals surface area contributed by atoms with Gasteiger partial charge in [-0.1, -0.05) is 0 Å². The van der Waals surface area contributed by atoms with E-state index in [0.29, 0.717) is 0 Å². The first-order valence-corrected chi connectivity index (χ1v) is 6.83. The number of anilines is 2. The zero-order valence-electron chi connectivity index (χ0n) is 11.9. The van der Waals surface area contributed by atoms with Crippen molar-refractivity contribution < 1.29 is 9.13 Å². The van der Waals surface area contributed by atoms with E-state index in [4.69, 9.17) is 4.74 Å².